The van der Waals surface area contributed by atoms with Gasteiger partial charge in [-0.05, 0) is 29.2 Å². The Labute approximate surface area is 126 Å². The monoisotopic (exact) mass is 288 g/mol. The third-order valence-electron chi connectivity index (χ3n) is 4.45. The SMILES string of the molecule is Cl.N=C(N)CC1(c2ccc3ccccc3c2)CCCC1. The maximum absolute atomic E-state index is 7.67. The summed E-state index contributed by atoms with van der Waals surface area (Å²) in [6.07, 6.45) is 5.52. The van der Waals surface area contributed by atoms with Gasteiger partial charge in [-0.3, -0.25) is 5.41 Å². The molecule has 20 heavy (non-hydrogen) atoms. The molecular weight excluding hydrogens is 268 g/mol. The Balaban J connectivity index is 0.00000147. The first-order chi connectivity index (χ1) is 9.20. The molecule has 0 heterocycles. The second kappa shape index (κ2) is 5.84. The molecule has 1 fully saturated rings. The number of hydrogen-bond acceptors (Lipinski definition) is 1. The molecule has 0 spiro atoms. The van der Waals surface area contributed by atoms with Crippen molar-refractivity contribution in [3.05, 3.63) is 48.0 Å². The molecule has 0 aliphatic heterocycles. The lowest BCUT2D eigenvalue weighted by Gasteiger charge is -2.29. The molecule has 0 atom stereocenters. The maximum Gasteiger partial charge on any atom is 0.0914 e. The molecule has 3 rings (SSSR count). The Morgan fingerprint density at radius 3 is 2.35 bits per heavy atom. The highest BCUT2D eigenvalue weighted by Crippen LogP contribution is 2.44. The molecule has 1 aliphatic rings. The normalized spacial score (nSPS) is 16.8. The van der Waals surface area contributed by atoms with E-state index in [4.69, 9.17) is 11.1 Å². The van der Waals surface area contributed by atoms with Gasteiger partial charge in [0.25, 0.3) is 0 Å². The summed E-state index contributed by atoms with van der Waals surface area (Å²) in [4.78, 5) is 0. The summed E-state index contributed by atoms with van der Waals surface area (Å²) in [6.45, 7) is 0. The Morgan fingerprint density at radius 1 is 1.05 bits per heavy atom. The first-order valence-electron chi connectivity index (χ1n) is 7.02. The van der Waals surface area contributed by atoms with E-state index in [0.717, 1.165) is 12.8 Å². The summed E-state index contributed by atoms with van der Waals surface area (Å²) >= 11 is 0. The predicted molar refractivity (Wildman–Crippen MR) is 87.9 cm³/mol. The fraction of sp³-hybridized carbons (Fsp3) is 0.353. The molecule has 0 aromatic heterocycles. The Hall–Kier alpha value is -1.54. The quantitative estimate of drug-likeness (QED) is 0.638. The summed E-state index contributed by atoms with van der Waals surface area (Å²) in [5.41, 5.74) is 7.16. The summed E-state index contributed by atoms with van der Waals surface area (Å²) in [6, 6.07) is 15.2. The van der Waals surface area contributed by atoms with Gasteiger partial charge in [0.15, 0.2) is 0 Å². The Morgan fingerprint density at radius 2 is 1.70 bits per heavy atom. The molecule has 2 nitrogen and oxygen atoms in total. The lowest BCUT2D eigenvalue weighted by Crippen LogP contribution is -2.29. The van der Waals surface area contributed by atoms with Crippen LogP contribution in [0, 0.1) is 5.41 Å². The average Bonchev–Trinajstić information content (AvgIpc) is 2.87. The zero-order valence-electron chi connectivity index (χ0n) is 11.6. The van der Waals surface area contributed by atoms with Crippen LogP contribution in [-0.2, 0) is 5.41 Å². The highest BCUT2D eigenvalue weighted by atomic mass is 35.5. The van der Waals surface area contributed by atoms with Crippen LogP contribution in [0.3, 0.4) is 0 Å². The highest BCUT2D eigenvalue weighted by Gasteiger charge is 2.36. The Bertz CT molecular complexity index is 615. The number of fused-ring (bicyclic) bond motifs is 1. The minimum absolute atomic E-state index is 0. The van der Waals surface area contributed by atoms with E-state index >= 15 is 0 Å². The zero-order chi connectivity index (χ0) is 13.3. The van der Waals surface area contributed by atoms with Crippen molar-refractivity contribution in [3.8, 4) is 0 Å². The molecule has 2 aromatic rings. The van der Waals surface area contributed by atoms with Crippen molar-refractivity contribution in [1.29, 1.82) is 5.41 Å². The van der Waals surface area contributed by atoms with Crippen LogP contribution < -0.4 is 5.73 Å². The van der Waals surface area contributed by atoms with E-state index < -0.39 is 0 Å². The summed E-state index contributed by atoms with van der Waals surface area (Å²) in [7, 11) is 0. The fourth-order valence-electron chi connectivity index (χ4n) is 3.50. The number of nitrogens with one attached hydrogen (secondary N) is 1. The number of nitrogens with two attached hydrogens (primary N) is 1. The third kappa shape index (κ3) is 2.66. The van der Waals surface area contributed by atoms with Crippen molar-refractivity contribution in [3.63, 3.8) is 0 Å². The third-order valence-corrected chi connectivity index (χ3v) is 4.45. The number of hydrogen-bond donors (Lipinski definition) is 2. The largest absolute Gasteiger partial charge is 0.388 e. The minimum atomic E-state index is 0. The molecule has 0 unspecified atom stereocenters. The first kappa shape index (κ1) is 14.9. The summed E-state index contributed by atoms with van der Waals surface area (Å²) in [5.74, 6) is 0.315. The van der Waals surface area contributed by atoms with E-state index in [9.17, 15) is 0 Å². The molecule has 1 saturated carbocycles. The predicted octanol–water partition coefficient (Wildman–Crippen LogP) is 4.40. The molecule has 0 amide bonds. The first-order valence-corrected chi connectivity index (χ1v) is 7.02. The topological polar surface area (TPSA) is 49.9 Å². The van der Waals surface area contributed by atoms with Crippen molar-refractivity contribution in [2.24, 2.45) is 5.73 Å². The molecule has 1 aliphatic carbocycles. The van der Waals surface area contributed by atoms with Gasteiger partial charge >= 0.3 is 0 Å². The van der Waals surface area contributed by atoms with E-state index in [1.54, 1.807) is 0 Å². The van der Waals surface area contributed by atoms with E-state index in [-0.39, 0.29) is 17.8 Å². The van der Waals surface area contributed by atoms with Gasteiger partial charge in [-0.2, -0.15) is 0 Å². The van der Waals surface area contributed by atoms with Crippen LogP contribution in [-0.4, -0.2) is 5.84 Å². The van der Waals surface area contributed by atoms with Gasteiger partial charge in [0.1, 0.15) is 0 Å². The number of rotatable bonds is 3. The maximum atomic E-state index is 7.67. The second-order valence-corrected chi connectivity index (χ2v) is 5.75. The highest BCUT2D eigenvalue weighted by molar-refractivity contribution is 5.85. The standard InChI is InChI=1S/C17H20N2.ClH/c18-16(19)12-17(9-3-4-10-17)15-8-7-13-5-1-2-6-14(13)11-15;/h1-2,5-8,11H,3-4,9-10,12H2,(H3,18,19);1H. The van der Waals surface area contributed by atoms with E-state index in [0.29, 0.717) is 12.3 Å². The van der Waals surface area contributed by atoms with Crippen LogP contribution in [0.4, 0.5) is 0 Å². The van der Waals surface area contributed by atoms with E-state index in [1.807, 2.05) is 0 Å². The van der Waals surface area contributed by atoms with Crippen molar-refractivity contribution >= 4 is 29.0 Å². The smallest absolute Gasteiger partial charge is 0.0914 e. The van der Waals surface area contributed by atoms with Gasteiger partial charge < -0.3 is 5.73 Å². The van der Waals surface area contributed by atoms with Crippen molar-refractivity contribution in [2.75, 3.05) is 0 Å². The summed E-state index contributed by atoms with van der Waals surface area (Å²) < 4.78 is 0. The van der Waals surface area contributed by atoms with Crippen LogP contribution in [0.5, 0.6) is 0 Å². The fourth-order valence-corrected chi connectivity index (χ4v) is 3.50. The molecule has 3 heteroatoms. The molecule has 0 bridgehead atoms. The van der Waals surface area contributed by atoms with E-state index in [2.05, 4.69) is 42.5 Å². The molecule has 2 aromatic carbocycles. The summed E-state index contributed by atoms with van der Waals surface area (Å²) in [5, 5.41) is 10.2. The number of benzene rings is 2. The van der Waals surface area contributed by atoms with Crippen molar-refractivity contribution < 1.29 is 0 Å². The van der Waals surface area contributed by atoms with Crippen LogP contribution in [0.2, 0.25) is 0 Å². The van der Waals surface area contributed by atoms with Crippen LogP contribution >= 0.6 is 12.4 Å². The van der Waals surface area contributed by atoms with E-state index in [1.165, 1.54) is 29.2 Å². The lowest BCUT2D eigenvalue weighted by molar-refractivity contribution is 0.457. The van der Waals surface area contributed by atoms with Gasteiger partial charge in [0.05, 0.1) is 5.84 Å². The molecule has 0 saturated heterocycles. The van der Waals surface area contributed by atoms with Crippen molar-refractivity contribution in [2.45, 2.75) is 37.5 Å². The molecule has 3 N–H and O–H groups in total. The van der Waals surface area contributed by atoms with Crippen LogP contribution in [0.1, 0.15) is 37.7 Å². The number of amidine groups is 1. The number of halogens is 1. The van der Waals surface area contributed by atoms with Gasteiger partial charge in [0.2, 0.25) is 0 Å². The molecule has 0 radical (unpaired) electrons. The Kier molecular flexibility index (Phi) is 4.34. The zero-order valence-corrected chi connectivity index (χ0v) is 12.4. The lowest BCUT2D eigenvalue weighted by atomic mass is 9.75. The van der Waals surface area contributed by atoms with Gasteiger partial charge in [0, 0.05) is 11.8 Å². The minimum Gasteiger partial charge on any atom is -0.388 e. The van der Waals surface area contributed by atoms with Crippen LogP contribution in [0.15, 0.2) is 42.5 Å². The molecule has 106 valence electrons. The van der Waals surface area contributed by atoms with Gasteiger partial charge in [-0.15, -0.1) is 12.4 Å². The van der Waals surface area contributed by atoms with Crippen LogP contribution in [0.25, 0.3) is 10.8 Å². The van der Waals surface area contributed by atoms with Gasteiger partial charge in [-0.25, -0.2) is 0 Å². The second-order valence-electron chi connectivity index (χ2n) is 5.75. The average molecular weight is 289 g/mol. The van der Waals surface area contributed by atoms with Crippen molar-refractivity contribution in [1.82, 2.24) is 0 Å². The molecular formula is C17H21ClN2. The van der Waals surface area contributed by atoms with Gasteiger partial charge in [-0.1, -0.05) is 55.3 Å².